The molecule has 2 rings (SSSR count). The third-order valence-corrected chi connectivity index (χ3v) is 3.27. The Bertz CT molecular complexity index is 739. The highest BCUT2D eigenvalue weighted by atomic mass is 16.6. The Labute approximate surface area is 128 Å². The van der Waals surface area contributed by atoms with E-state index in [1.54, 1.807) is 6.07 Å². The van der Waals surface area contributed by atoms with E-state index in [1.807, 2.05) is 49.3 Å². The average Bonchev–Trinajstić information content (AvgIpc) is 2.45. The van der Waals surface area contributed by atoms with Gasteiger partial charge in [0.1, 0.15) is 0 Å². The number of nitro groups is 1. The number of nitrogens with zero attached hydrogens (tertiary/aromatic N) is 2. The van der Waals surface area contributed by atoms with Gasteiger partial charge in [0.2, 0.25) is 0 Å². The summed E-state index contributed by atoms with van der Waals surface area (Å²) in [6.45, 7) is 0. The Morgan fingerprint density at radius 1 is 1.05 bits per heavy atom. The molecule has 0 atom stereocenters. The summed E-state index contributed by atoms with van der Waals surface area (Å²) in [5.41, 5.74) is 15.5. The zero-order valence-electron chi connectivity index (χ0n) is 12.5. The second-order valence-electron chi connectivity index (χ2n) is 5.12. The van der Waals surface area contributed by atoms with Gasteiger partial charge in [-0.05, 0) is 29.3 Å². The lowest BCUT2D eigenvalue weighted by Crippen LogP contribution is -2.10. The van der Waals surface area contributed by atoms with Crippen LogP contribution >= 0.6 is 0 Å². The molecular formula is C16H18N4O2. The maximum absolute atomic E-state index is 10.7. The molecule has 0 aliphatic heterocycles. The van der Waals surface area contributed by atoms with Gasteiger partial charge in [-0.3, -0.25) is 10.1 Å². The number of hydrogen-bond donors (Lipinski definition) is 2. The van der Waals surface area contributed by atoms with Crippen molar-refractivity contribution in [2.24, 2.45) is 0 Å². The standard InChI is InChI=1S/C16H18N4O2/c1-19(2)16-8-4-11(9-15(16)18)3-5-12-6-7-13(20(21)22)10-14(12)17/h3-10H,17-18H2,1-2H3. The summed E-state index contributed by atoms with van der Waals surface area (Å²) >= 11 is 0. The number of non-ortho nitro benzene ring substituents is 1. The molecule has 4 N–H and O–H groups in total. The number of nitrogens with two attached hydrogens (primary N) is 2. The third kappa shape index (κ3) is 3.35. The first kappa shape index (κ1) is 15.4. The van der Waals surface area contributed by atoms with Gasteiger partial charge in [-0.2, -0.15) is 0 Å². The van der Waals surface area contributed by atoms with Crippen LogP contribution in [0.5, 0.6) is 0 Å². The average molecular weight is 298 g/mol. The molecule has 0 heterocycles. The van der Waals surface area contributed by atoms with E-state index in [9.17, 15) is 10.1 Å². The zero-order chi connectivity index (χ0) is 16.3. The van der Waals surface area contributed by atoms with Gasteiger partial charge in [-0.25, -0.2) is 0 Å². The van der Waals surface area contributed by atoms with Crippen molar-refractivity contribution in [2.45, 2.75) is 0 Å². The van der Waals surface area contributed by atoms with Crippen LogP contribution in [0.2, 0.25) is 0 Å². The van der Waals surface area contributed by atoms with Gasteiger partial charge in [0.25, 0.3) is 5.69 Å². The lowest BCUT2D eigenvalue weighted by Gasteiger charge is -2.15. The predicted octanol–water partition coefficient (Wildman–Crippen LogP) is 3.00. The van der Waals surface area contributed by atoms with Crippen LogP contribution in [0, 0.1) is 10.1 Å². The molecule has 0 aromatic heterocycles. The molecule has 0 bridgehead atoms. The van der Waals surface area contributed by atoms with Crippen molar-refractivity contribution in [2.75, 3.05) is 30.5 Å². The van der Waals surface area contributed by atoms with E-state index in [-0.39, 0.29) is 5.69 Å². The smallest absolute Gasteiger partial charge is 0.271 e. The number of hydrogen-bond acceptors (Lipinski definition) is 5. The Morgan fingerprint density at radius 2 is 1.77 bits per heavy atom. The monoisotopic (exact) mass is 298 g/mol. The molecule has 0 saturated carbocycles. The number of anilines is 3. The van der Waals surface area contributed by atoms with Crippen molar-refractivity contribution < 1.29 is 4.92 Å². The van der Waals surface area contributed by atoms with Crippen LogP contribution in [0.15, 0.2) is 36.4 Å². The first-order chi connectivity index (χ1) is 10.4. The summed E-state index contributed by atoms with van der Waals surface area (Å²) in [5.74, 6) is 0. The van der Waals surface area contributed by atoms with Crippen molar-refractivity contribution >= 4 is 34.9 Å². The van der Waals surface area contributed by atoms with Crippen molar-refractivity contribution in [1.82, 2.24) is 0 Å². The molecule has 0 aliphatic rings. The van der Waals surface area contributed by atoms with Crippen molar-refractivity contribution in [1.29, 1.82) is 0 Å². The van der Waals surface area contributed by atoms with E-state index in [2.05, 4.69) is 0 Å². The van der Waals surface area contributed by atoms with Gasteiger partial charge in [0.15, 0.2) is 0 Å². The van der Waals surface area contributed by atoms with E-state index in [4.69, 9.17) is 11.5 Å². The molecule has 0 aliphatic carbocycles. The van der Waals surface area contributed by atoms with Crippen LogP contribution in [0.3, 0.4) is 0 Å². The number of rotatable bonds is 4. The van der Waals surface area contributed by atoms with E-state index in [0.29, 0.717) is 11.4 Å². The molecule has 114 valence electrons. The highest BCUT2D eigenvalue weighted by Crippen LogP contribution is 2.25. The van der Waals surface area contributed by atoms with E-state index >= 15 is 0 Å². The van der Waals surface area contributed by atoms with Crippen LogP contribution < -0.4 is 16.4 Å². The normalized spacial score (nSPS) is 10.8. The second-order valence-corrected chi connectivity index (χ2v) is 5.12. The molecular weight excluding hydrogens is 280 g/mol. The van der Waals surface area contributed by atoms with E-state index in [1.165, 1.54) is 12.1 Å². The molecule has 6 heteroatoms. The minimum atomic E-state index is -0.468. The first-order valence-corrected chi connectivity index (χ1v) is 6.67. The summed E-state index contributed by atoms with van der Waals surface area (Å²) in [7, 11) is 3.86. The topological polar surface area (TPSA) is 98.4 Å². The Balaban J connectivity index is 2.25. The molecule has 0 radical (unpaired) electrons. The summed E-state index contributed by atoms with van der Waals surface area (Å²) in [6.07, 6.45) is 3.68. The highest BCUT2D eigenvalue weighted by molar-refractivity contribution is 5.79. The minimum Gasteiger partial charge on any atom is -0.398 e. The summed E-state index contributed by atoms with van der Waals surface area (Å²) in [6, 6.07) is 10.2. The Morgan fingerprint density at radius 3 is 2.32 bits per heavy atom. The molecule has 0 amide bonds. The van der Waals surface area contributed by atoms with Gasteiger partial charge in [-0.1, -0.05) is 18.2 Å². The highest BCUT2D eigenvalue weighted by Gasteiger charge is 2.07. The zero-order valence-corrected chi connectivity index (χ0v) is 12.5. The van der Waals surface area contributed by atoms with E-state index < -0.39 is 4.92 Å². The number of benzene rings is 2. The molecule has 0 fully saturated rings. The molecule has 2 aromatic carbocycles. The first-order valence-electron chi connectivity index (χ1n) is 6.67. The maximum atomic E-state index is 10.7. The van der Waals surface area contributed by atoms with Crippen LogP contribution in [-0.4, -0.2) is 19.0 Å². The summed E-state index contributed by atoms with van der Waals surface area (Å²) in [4.78, 5) is 12.2. The van der Waals surface area contributed by atoms with Gasteiger partial charge in [-0.15, -0.1) is 0 Å². The summed E-state index contributed by atoms with van der Waals surface area (Å²) in [5, 5.41) is 10.7. The lowest BCUT2D eigenvalue weighted by atomic mass is 10.1. The molecule has 2 aromatic rings. The van der Waals surface area contributed by atoms with Crippen LogP contribution in [-0.2, 0) is 0 Å². The predicted molar refractivity (Wildman–Crippen MR) is 91.6 cm³/mol. The fourth-order valence-corrected chi connectivity index (χ4v) is 2.10. The van der Waals surface area contributed by atoms with Crippen LogP contribution in [0.25, 0.3) is 12.2 Å². The molecule has 22 heavy (non-hydrogen) atoms. The van der Waals surface area contributed by atoms with Crippen molar-refractivity contribution in [3.8, 4) is 0 Å². The third-order valence-electron chi connectivity index (χ3n) is 3.27. The fourth-order valence-electron chi connectivity index (χ4n) is 2.10. The molecule has 6 nitrogen and oxygen atoms in total. The number of nitro benzene ring substituents is 1. The SMILES string of the molecule is CN(C)c1ccc(C=Cc2ccc([N+](=O)[O-])cc2N)cc1N. The minimum absolute atomic E-state index is 0.0192. The number of nitrogen functional groups attached to an aromatic ring is 2. The maximum Gasteiger partial charge on any atom is 0.271 e. The molecule has 0 spiro atoms. The quantitative estimate of drug-likeness (QED) is 0.391. The van der Waals surface area contributed by atoms with Crippen molar-refractivity contribution in [3.63, 3.8) is 0 Å². The van der Waals surface area contributed by atoms with Crippen LogP contribution in [0.1, 0.15) is 11.1 Å². The Kier molecular flexibility index (Phi) is 4.31. The van der Waals surface area contributed by atoms with E-state index in [0.717, 1.165) is 16.8 Å². The van der Waals surface area contributed by atoms with Crippen LogP contribution in [0.4, 0.5) is 22.7 Å². The van der Waals surface area contributed by atoms with Gasteiger partial charge in [0.05, 0.1) is 16.3 Å². The molecule has 0 saturated heterocycles. The summed E-state index contributed by atoms with van der Waals surface area (Å²) < 4.78 is 0. The lowest BCUT2D eigenvalue weighted by molar-refractivity contribution is -0.384. The Hall–Kier alpha value is -3.02. The van der Waals surface area contributed by atoms with Gasteiger partial charge < -0.3 is 16.4 Å². The van der Waals surface area contributed by atoms with Gasteiger partial charge in [0, 0.05) is 31.9 Å². The second kappa shape index (κ2) is 6.17. The van der Waals surface area contributed by atoms with Crippen molar-refractivity contribution in [3.05, 3.63) is 57.6 Å². The molecule has 0 unspecified atom stereocenters. The largest absolute Gasteiger partial charge is 0.398 e. The fraction of sp³-hybridized carbons (Fsp3) is 0.125. The van der Waals surface area contributed by atoms with Gasteiger partial charge >= 0.3 is 0 Å².